The Morgan fingerprint density at radius 1 is 0.420 bits per heavy atom. The lowest BCUT2D eigenvalue weighted by Crippen LogP contribution is -2.37. The number of hydrogen-bond donors (Lipinski definition) is 0. The van der Waals surface area contributed by atoms with Crippen molar-refractivity contribution in [1.82, 2.24) is 0 Å². The van der Waals surface area contributed by atoms with Crippen LogP contribution in [0.2, 0.25) is 19.6 Å². The molecule has 0 unspecified atom stereocenters. The number of rotatable bonds is 7. The Morgan fingerprint density at radius 3 is 1.40 bits per heavy atom. The average Bonchev–Trinajstić information content (AvgIpc) is 3.49. The number of fused-ring (bicyclic) bond motifs is 5. The van der Waals surface area contributed by atoms with Crippen molar-refractivity contribution >= 4 is 80.1 Å². The first-order chi connectivity index (χ1) is 24.1. The highest BCUT2D eigenvalue weighted by atomic mass is 28.3. The van der Waals surface area contributed by atoms with E-state index in [4.69, 9.17) is 4.42 Å². The third-order valence-corrected chi connectivity index (χ3v) is 11.9. The molecule has 246 valence electrons. The van der Waals surface area contributed by atoms with Gasteiger partial charge in [0, 0.05) is 56.7 Å². The lowest BCUT2D eigenvalue weighted by Gasteiger charge is -2.28. The molecule has 0 aliphatic carbocycles. The van der Waals surface area contributed by atoms with Crippen molar-refractivity contribution in [2.75, 3.05) is 9.80 Å². The van der Waals surface area contributed by atoms with E-state index in [9.17, 15) is 0 Å². The second kappa shape index (κ2) is 12.4. The van der Waals surface area contributed by atoms with Crippen LogP contribution in [0.15, 0.2) is 150 Å². The molecule has 0 fully saturated rings. The van der Waals surface area contributed by atoms with Crippen molar-refractivity contribution in [2.45, 2.75) is 40.4 Å². The SMILES string of the molecule is Cc1ccc(N(c2ccc(C)cc2)c2ccc3c(c2)oc2cc(N(c4ccc(C)cc4)c4ccc([Si](C)(C)C)cc4)c4ccccc4c23)cc1. The summed E-state index contributed by atoms with van der Waals surface area (Å²) in [5, 5.41) is 6.06. The van der Waals surface area contributed by atoms with Crippen molar-refractivity contribution in [3.63, 3.8) is 0 Å². The van der Waals surface area contributed by atoms with Gasteiger partial charge in [-0.25, -0.2) is 0 Å². The highest BCUT2D eigenvalue weighted by molar-refractivity contribution is 6.88. The van der Waals surface area contributed by atoms with Gasteiger partial charge in [-0.2, -0.15) is 0 Å². The molecule has 8 rings (SSSR count). The summed E-state index contributed by atoms with van der Waals surface area (Å²) in [6.07, 6.45) is 0. The van der Waals surface area contributed by atoms with Crippen LogP contribution < -0.4 is 15.0 Å². The Kier molecular flexibility index (Phi) is 7.85. The van der Waals surface area contributed by atoms with Crippen molar-refractivity contribution in [1.29, 1.82) is 0 Å². The summed E-state index contributed by atoms with van der Waals surface area (Å²) >= 11 is 0. The molecule has 0 saturated heterocycles. The number of aryl methyl sites for hydroxylation is 3. The molecule has 0 N–H and O–H groups in total. The maximum atomic E-state index is 6.86. The molecule has 3 nitrogen and oxygen atoms in total. The van der Waals surface area contributed by atoms with E-state index in [-0.39, 0.29) is 0 Å². The van der Waals surface area contributed by atoms with Gasteiger partial charge in [0.25, 0.3) is 0 Å². The first kappa shape index (κ1) is 31.7. The Hall–Kier alpha value is -5.58. The van der Waals surface area contributed by atoms with Crippen LogP contribution in [-0.2, 0) is 0 Å². The topological polar surface area (TPSA) is 19.6 Å². The summed E-state index contributed by atoms with van der Waals surface area (Å²) in [5.41, 5.74) is 12.1. The van der Waals surface area contributed by atoms with Gasteiger partial charge in [0.2, 0.25) is 0 Å². The molecule has 0 amide bonds. The van der Waals surface area contributed by atoms with Crippen LogP contribution in [0.25, 0.3) is 32.7 Å². The van der Waals surface area contributed by atoms with Crippen LogP contribution in [0.4, 0.5) is 34.1 Å². The quantitative estimate of drug-likeness (QED) is 0.158. The summed E-state index contributed by atoms with van der Waals surface area (Å²) in [4.78, 5) is 4.68. The normalized spacial score (nSPS) is 11.8. The highest BCUT2D eigenvalue weighted by Crippen LogP contribution is 2.46. The van der Waals surface area contributed by atoms with Gasteiger partial charge in [0.1, 0.15) is 11.2 Å². The van der Waals surface area contributed by atoms with Gasteiger partial charge >= 0.3 is 0 Å². The average molecular weight is 667 g/mol. The second-order valence-corrected chi connectivity index (χ2v) is 19.6. The third-order valence-electron chi connectivity index (χ3n) is 9.81. The predicted octanol–water partition coefficient (Wildman–Crippen LogP) is 13.1. The summed E-state index contributed by atoms with van der Waals surface area (Å²) < 4.78 is 6.86. The standard InChI is InChI=1S/C46H42N2OSi/c1-31-11-17-34(18-12-31)47(35-19-13-32(2)14-20-35)38-25-28-42-44(29-38)49-45-30-43(40-9-7-8-10-41(40)46(42)45)48(36-21-15-33(3)16-22-36)37-23-26-39(27-24-37)50(4,5)6/h7-30H,1-6H3. The van der Waals surface area contributed by atoms with Crippen LogP contribution in [0, 0.1) is 20.8 Å². The minimum atomic E-state index is -1.45. The van der Waals surface area contributed by atoms with Crippen LogP contribution in [0.3, 0.4) is 0 Å². The molecule has 0 atom stereocenters. The minimum absolute atomic E-state index is 0.866. The number of hydrogen-bond acceptors (Lipinski definition) is 3. The van der Waals surface area contributed by atoms with Gasteiger partial charge in [-0.1, -0.05) is 114 Å². The second-order valence-electron chi connectivity index (χ2n) is 14.6. The molecule has 0 aliphatic heterocycles. The zero-order valence-electron chi connectivity index (χ0n) is 29.7. The monoisotopic (exact) mass is 666 g/mol. The molecule has 0 bridgehead atoms. The molecule has 1 heterocycles. The van der Waals surface area contributed by atoms with E-state index in [1.54, 1.807) is 0 Å². The van der Waals surface area contributed by atoms with Gasteiger partial charge in [0.05, 0.1) is 13.8 Å². The third kappa shape index (κ3) is 5.76. The first-order valence-electron chi connectivity index (χ1n) is 17.4. The minimum Gasteiger partial charge on any atom is -0.456 e. The number of nitrogens with zero attached hydrogens (tertiary/aromatic N) is 2. The van der Waals surface area contributed by atoms with E-state index in [0.717, 1.165) is 56.1 Å². The maximum Gasteiger partial charge on any atom is 0.138 e. The summed E-state index contributed by atoms with van der Waals surface area (Å²) in [5.74, 6) is 0. The number of anilines is 6. The van der Waals surface area contributed by atoms with Gasteiger partial charge in [0.15, 0.2) is 0 Å². The van der Waals surface area contributed by atoms with Crippen LogP contribution >= 0.6 is 0 Å². The van der Waals surface area contributed by atoms with Crippen LogP contribution in [0.1, 0.15) is 16.7 Å². The first-order valence-corrected chi connectivity index (χ1v) is 20.9. The molecule has 7 aromatic carbocycles. The Bertz CT molecular complexity index is 2430. The summed E-state index contributed by atoms with van der Waals surface area (Å²) in [6.45, 7) is 13.6. The fourth-order valence-corrected chi connectivity index (χ4v) is 8.17. The zero-order valence-corrected chi connectivity index (χ0v) is 30.7. The van der Waals surface area contributed by atoms with Crippen LogP contribution in [-0.4, -0.2) is 8.07 Å². The van der Waals surface area contributed by atoms with E-state index in [2.05, 4.69) is 196 Å². The molecular formula is C46H42N2OSi. The largest absolute Gasteiger partial charge is 0.456 e. The Balaban J connectivity index is 1.33. The van der Waals surface area contributed by atoms with Gasteiger partial charge < -0.3 is 14.2 Å². The lowest BCUT2D eigenvalue weighted by atomic mass is 10.0. The molecule has 8 aromatic rings. The van der Waals surface area contributed by atoms with Crippen LogP contribution in [0.5, 0.6) is 0 Å². The van der Waals surface area contributed by atoms with Crippen molar-refractivity contribution in [3.8, 4) is 0 Å². The molecule has 4 heteroatoms. The van der Waals surface area contributed by atoms with E-state index < -0.39 is 8.07 Å². The molecule has 0 radical (unpaired) electrons. The molecule has 0 aliphatic rings. The molecule has 0 spiro atoms. The Labute approximate surface area is 296 Å². The maximum absolute atomic E-state index is 6.86. The number of benzene rings is 7. The zero-order chi connectivity index (χ0) is 34.6. The number of furan rings is 1. The van der Waals surface area contributed by atoms with Gasteiger partial charge in [-0.15, -0.1) is 0 Å². The van der Waals surface area contributed by atoms with E-state index in [0.29, 0.717) is 0 Å². The molecule has 0 saturated carbocycles. The van der Waals surface area contributed by atoms with Gasteiger partial charge in [-0.3, -0.25) is 0 Å². The summed E-state index contributed by atoms with van der Waals surface area (Å²) in [7, 11) is -1.45. The van der Waals surface area contributed by atoms with Gasteiger partial charge in [-0.05, 0) is 86.8 Å². The van der Waals surface area contributed by atoms with E-state index in [1.807, 2.05) is 0 Å². The molecule has 50 heavy (non-hydrogen) atoms. The highest BCUT2D eigenvalue weighted by Gasteiger charge is 2.23. The molecule has 1 aromatic heterocycles. The smallest absolute Gasteiger partial charge is 0.138 e. The van der Waals surface area contributed by atoms with Crippen molar-refractivity contribution in [2.24, 2.45) is 0 Å². The predicted molar refractivity (Wildman–Crippen MR) is 218 cm³/mol. The van der Waals surface area contributed by atoms with Crippen molar-refractivity contribution < 1.29 is 4.42 Å². The van der Waals surface area contributed by atoms with Crippen molar-refractivity contribution in [3.05, 3.63) is 162 Å². The molecular weight excluding hydrogens is 625 g/mol. The fraction of sp³-hybridized carbons (Fsp3) is 0.130. The lowest BCUT2D eigenvalue weighted by molar-refractivity contribution is 0.669. The Morgan fingerprint density at radius 2 is 0.880 bits per heavy atom. The summed E-state index contributed by atoms with van der Waals surface area (Å²) in [6, 6.07) is 53.1. The van der Waals surface area contributed by atoms with E-state index in [1.165, 1.54) is 32.6 Å². The van der Waals surface area contributed by atoms with E-state index >= 15 is 0 Å². The fourth-order valence-electron chi connectivity index (χ4n) is 7.00.